The van der Waals surface area contributed by atoms with Crippen LogP contribution in [0.3, 0.4) is 0 Å². The molecule has 0 aromatic heterocycles. The molecular weight excluding hydrogens is 286 g/mol. The van der Waals surface area contributed by atoms with E-state index in [9.17, 15) is 14.4 Å². The highest BCUT2D eigenvalue weighted by atomic mass is 16.6. The minimum absolute atomic E-state index is 0.000226. The Bertz CT molecular complexity index is 379. The van der Waals surface area contributed by atoms with Gasteiger partial charge in [0.05, 0.1) is 5.92 Å². The fraction of sp³-hybridized carbons (Fsp3) is 0.812. The Morgan fingerprint density at radius 1 is 0.909 bits per heavy atom. The van der Waals surface area contributed by atoms with Crippen LogP contribution in [0.4, 0.5) is 0 Å². The summed E-state index contributed by atoms with van der Waals surface area (Å²) in [5.74, 6) is -1.15. The van der Waals surface area contributed by atoms with E-state index in [0.717, 1.165) is 0 Å². The largest absolute Gasteiger partial charge is 0.462 e. The Labute approximate surface area is 132 Å². The van der Waals surface area contributed by atoms with Gasteiger partial charge >= 0.3 is 11.9 Å². The van der Waals surface area contributed by atoms with Crippen molar-refractivity contribution in [3.63, 3.8) is 0 Å². The molecule has 128 valence electrons. The van der Waals surface area contributed by atoms with Gasteiger partial charge in [-0.3, -0.25) is 9.59 Å². The number of esters is 2. The number of Topliss-reactive ketones (excluding diaryl/α,β-unsaturated/α-hetero) is 1. The number of hydrogen-bond donors (Lipinski definition) is 1. The molecule has 2 unspecified atom stereocenters. The summed E-state index contributed by atoms with van der Waals surface area (Å²) in [6.07, 6.45) is 0.172. The van der Waals surface area contributed by atoms with Gasteiger partial charge in [0.15, 0.2) is 0 Å². The molecule has 0 aliphatic heterocycles. The molecule has 0 amide bonds. The molecule has 0 rings (SSSR count). The number of carbonyl (C=O) groups excluding carboxylic acids is 3. The van der Waals surface area contributed by atoms with E-state index in [4.69, 9.17) is 9.47 Å². The van der Waals surface area contributed by atoms with Gasteiger partial charge in [0.2, 0.25) is 0 Å². The molecule has 0 saturated heterocycles. The number of hydrogen-bond acceptors (Lipinski definition) is 6. The summed E-state index contributed by atoms with van der Waals surface area (Å²) in [6, 6.07) is -0.378. The molecule has 0 fully saturated rings. The molecule has 22 heavy (non-hydrogen) atoms. The van der Waals surface area contributed by atoms with E-state index in [0.29, 0.717) is 0 Å². The van der Waals surface area contributed by atoms with Crippen LogP contribution in [0.2, 0.25) is 0 Å². The Morgan fingerprint density at radius 2 is 1.41 bits per heavy atom. The number of carbonyl (C=O) groups is 3. The number of ether oxygens (including phenoxy) is 2. The quantitative estimate of drug-likeness (QED) is 0.487. The normalized spacial score (nSPS) is 13.8. The lowest BCUT2D eigenvalue weighted by molar-refractivity contribution is -0.158. The summed E-state index contributed by atoms with van der Waals surface area (Å²) in [5, 5.41) is 2.89. The van der Waals surface area contributed by atoms with Gasteiger partial charge in [0.1, 0.15) is 25.0 Å². The van der Waals surface area contributed by atoms with Crippen molar-refractivity contribution < 1.29 is 23.9 Å². The van der Waals surface area contributed by atoms with Gasteiger partial charge < -0.3 is 19.6 Å². The van der Waals surface area contributed by atoms with Crippen LogP contribution in [0.5, 0.6) is 0 Å². The molecule has 6 heteroatoms. The third kappa shape index (κ3) is 7.54. The summed E-state index contributed by atoms with van der Waals surface area (Å²) >= 11 is 0. The summed E-state index contributed by atoms with van der Waals surface area (Å²) in [5.41, 5.74) is 0. The molecule has 2 atom stereocenters. The highest BCUT2D eigenvalue weighted by Gasteiger charge is 2.25. The fourth-order valence-electron chi connectivity index (χ4n) is 2.11. The first-order chi connectivity index (χ1) is 10.2. The molecular formula is C16H29NO5. The zero-order chi connectivity index (χ0) is 17.3. The van der Waals surface area contributed by atoms with Gasteiger partial charge in [0.25, 0.3) is 0 Å². The highest BCUT2D eigenvalue weighted by Crippen LogP contribution is 2.17. The van der Waals surface area contributed by atoms with Crippen molar-refractivity contribution in [3.05, 3.63) is 0 Å². The summed E-state index contributed by atoms with van der Waals surface area (Å²) in [6.45, 7) is 9.04. The predicted octanol–water partition coefficient (Wildman–Crippen LogP) is 1.57. The van der Waals surface area contributed by atoms with Gasteiger partial charge in [-0.25, -0.2) is 0 Å². The molecule has 0 saturated carbocycles. The smallest absolute Gasteiger partial charge is 0.323 e. The standard InChI is InChI=1S/C16H29NO5/c1-10(2)13(9-12(5)18)15(19)21-7-8-22-16(20)14(17-6)11(3)4/h10-11,13-14,17H,7-9H2,1-6H3. The molecule has 0 aliphatic rings. The minimum Gasteiger partial charge on any atom is -0.462 e. The first kappa shape index (κ1) is 20.6. The Morgan fingerprint density at radius 3 is 1.77 bits per heavy atom. The monoisotopic (exact) mass is 315 g/mol. The van der Waals surface area contributed by atoms with E-state index in [2.05, 4.69) is 5.32 Å². The maximum absolute atomic E-state index is 11.9. The van der Waals surface area contributed by atoms with Crippen molar-refractivity contribution >= 4 is 17.7 Å². The van der Waals surface area contributed by atoms with Crippen molar-refractivity contribution in [1.82, 2.24) is 5.32 Å². The van der Waals surface area contributed by atoms with Crippen LogP contribution in [0.25, 0.3) is 0 Å². The van der Waals surface area contributed by atoms with Crippen LogP contribution in [0, 0.1) is 17.8 Å². The van der Waals surface area contributed by atoms with E-state index in [1.807, 2.05) is 27.7 Å². The van der Waals surface area contributed by atoms with Crippen molar-refractivity contribution in [1.29, 1.82) is 0 Å². The Hall–Kier alpha value is -1.43. The highest BCUT2D eigenvalue weighted by molar-refractivity contribution is 5.83. The first-order valence-electron chi connectivity index (χ1n) is 7.70. The maximum Gasteiger partial charge on any atom is 0.323 e. The van der Waals surface area contributed by atoms with E-state index in [1.165, 1.54) is 6.92 Å². The Kier molecular flexibility index (Phi) is 9.65. The average molecular weight is 315 g/mol. The van der Waals surface area contributed by atoms with Crippen molar-refractivity contribution in [2.75, 3.05) is 20.3 Å². The van der Waals surface area contributed by atoms with E-state index in [-0.39, 0.29) is 49.3 Å². The number of rotatable bonds is 10. The van der Waals surface area contributed by atoms with Crippen LogP contribution in [-0.2, 0) is 23.9 Å². The molecule has 1 N–H and O–H groups in total. The molecule has 0 bridgehead atoms. The van der Waals surface area contributed by atoms with E-state index in [1.54, 1.807) is 7.05 Å². The van der Waals surface area contributed by atoms with Crippen molar-refractivity contribution in [2.24, 2.45) is 17.8 Å². The molecule has 0 heterocycles. The van der Waals surface area contributed by atoms with Crippen LogP contribution in [0.15, 0.2) is 0 Å². The number of nitrogens with one attached hydrogen (secondary N) is 1. The molecule has 6 nitrogen and oxygen atoms in total. The Balaban J connectivity index is 4.21. The van der Waals surface area contributed by atoms with Crippen LogP contribution < -0.4 is 5.32 Å². The van der Waals surface area contributed by atoms with Crippen molar-refractivity contribution in [3.8, 4) is 0 Å². The molecule has 0 aromatic rings. The topological polar surface area (TPSA) is 81.7 Å². The van der Waals surface area contributed by atoms with Gasteiger partial charge in [-0.1, -0.05) is 27.7 Å². The minimum atomic E-state index is -0.450. The lowest BCUT2D eigenvalue weighted by atomic mass is 9.91. The predicted molar refractivity (Wildman–Crippen MR) is 83.2 cm³/mol. The lowest BCUT2D eigenvalue weighted by Crippen LogP contribution is -2.40. The number of likely N-dealkylation sites (N-methyl/N-ethyl adjacent to an activating group) is 1. The zero-order valence-corrected chi connectivity index (χ0v) is 14.5. The molecule has 0 spiro atoms. The summed E-state index contributed by atoms with van der Waals surface area (Å²) in [7, 11) is 1.70. The SMILES string of the molecule is CNC(C(=O)OCCOC(=O)C(CC(C)=O)C(C)C)C(C)C. The maximum atomic E-state index is 11.9. The third-order valence-corrected chi connectivity index (χ3v) is 3.42. The van der Waals surface area contributed by atoms with E-state index >= 15 is 0 Å². The second-order valence-electron chi connectivity index (χ2n) is 6.10. The molecule has 0 aliphatic carbocycles. The van der Waals surface area contributed by atoms with Gasteiger partial charge in [0, 0.05) is 6.42 Å². The average Bonchev–Trinajstić information content (AvgIpc) is 2.40. The molecule has 0 aromatic carbocycles. The second kappa shape index (κ2) is 10.3. The lowest BCUT2D eigenvalue weighted by Gasteiger charge is -2.20. The third-order valence-electron chi connectivity index (χ3n) is 3.42. The molecule has 0 radical (unpaired) electrons. The zero-order valence-electron chi connectivity index (χ0n) is 14.5. The van der Waals surface area contributed by atoms with Crippen LogP contribution >= 0.6 is 0 Å². The number of ketones is 1. The summed E-state index contributed by atoms with van der Waals surface area (Å²) < 4.78 is 10.2. The van der Waals surface area contributed by atoms with Gasteiger partial charge in [-0.05, 0) is 25.8 Å². The van der Waals surface area contributed by atoms with Crippen LogP contribution in [-0.4, -0.2) is 44.0 Å². The second-order valence-corrected chi connectivity index (χ2v) is 6.10. The van der Waals surface area contributed by atoms with Gasteiger partial charge in [-0.15, -0.1) is 0 Å². The first-order valence-corrected chi connectivity index (χ1v) is 7.70. The van der Waals surface area contributed by atoms with Crippen LogP contribution in [0.1, 0.15) is 41.0 Å². The van der Waals surface area contributed by atoms with Crippen molar-refractivity contribution in [2.45, 2.75) is 47.1 Å². The fourth-order valence-corrected chi connectivity index (χ4v) is 2.11. The van der Waals surface area contributed by atoms with E-state index < -0.39 is 11.9 Å². The van der Waals surface area contributed by atoms with Gasteiger partial charge in [-0.2, -0.15) is 0 Å². The summed E-state index contributed by atoms with van der Waals surface area (Å²) in [4.78, 5) is 34.9.